The molecular formula is C19H26N2O. The van der Waals surface area contributed by atoms with Crippen LogP contribution in [0.5, 0.6) is 0 Å². The van der Waals surface area contributed by atoms with Crippen LogP contribution in [-0.4, -0.2) is 47.4 Å². The second-order valence-corrected chi connectivity index (χ2v) is 6.47. The molecule has 3 heteroatoms. The molecule has 2 bridgehead atoms. The third-order valence-electron chi connectivity index (χ3n) is 4.78. The van der Waals surface area contributed by atoms with Gasteiger partial charge in [0.05, 0.1) is 0 Å². The Hall–Kier alpha value is -1.61. The van der Waals surface area contributed by atoms with Gasteiger partial charge in [-0.2, -0.15) is 0 Å². The highest BCUT2D eigenvalue weighted by Crippen LogP contribution is 2.30. The molecule has 22 heavy (non-hydrogen) atoms. The van der Waals surface area contributed by atoms with Gasteiger partial charge in [-0.1, -0.05) is 49.4 Å². The SMILES string of the molecule is CCCC(=O)N1C2CCC1CN(CC=Cc1ccccc1)C2. The summed E-state index contributed by atoms with van der Waals surface area (Å²) in [6.07, 6.45) is 8.46. The van der Waals surface area contributed by atoms with Crippen LogP contribution in [0.25, 0.3) is 6.08 Å². The molecule has 2 unspecified atom stereocenters. The number of rotatable bonds is 5. The minimum atomic E-state index is 0.370. The lowest BCUT2D eigenvalue weighted by atomic mass is 10.1. The largest absolute Gasteiger partial charge is 0.334 e. The molecule has 2 fully saturated rings. The average molecular weight is 298 g/mol. The minimum Gasteiger partial charge on any atom is -0.334 e. The molecule has 1 aromatic carbocycles. The summed E-state index contributed by atoms with van der Waals surface area (Å²) in [6, 6.07) is 11.3. The number of hydrogen-bond acceptors (Lipinski definition) is 2. The van der Waals surface area contributed by atoms with E-state index in [2.05, 4.69) is 53.1 Å². The Labute approximate surface area is 133 Å². The molecule has 0 aromatic heterocycles. The Kier molecular flexibility index (Phi) is 4.94. The maximum Gasteiger partial charge on any atom is 0.223 e. The van der Waals surface area contributed by atoms with Crippen molar-refractivity contribution < 1.29 is 4.79 Å². The van der Waals surface area contributed by atoms with E-state index in [-0.39, 0.29) is 0 Å². The van der Waals surface area contributed by atoms with Gasteiger partial charge in [-0.25, -0.2) is 0 Å². The first kappa shape index (κ1) is 15.3. The van der Waals surface area contributed by atoms with Gasteiger partial charge >= 0.3 is 0 Å². The van der Waals surface area contributed by atoms with Crippen molar-refractivity contribution in [1.82, 2.24) is 9.80 Å². The van der Waals surface area contributed by atoms with Crippen molar-refractivity contribution in [3.63, 3.8) is 0 Å². The van der Waals surface area contributed by atoms with Crippen LogP contribution >= 0.6 is 0 Å². The van der Waals surface area contributed by atoms with E-state index >= 15 is 0 Å². The Bertz CT molecular complexity index is 511. The summed E-state index contributed by atoms with van der Waals surface area (Å²) in [5.41, 5.74) is 1.25. The average Bonchev–Trinajstić information content (AvgIpc) is 2.80. The summed E-state index contributed by atoms with van der Waals surface area (Å²) < 4.78 is 0. The van der Waals surface area contributed by atoms with E-state index in [1.54, 1.807) is 0 Å². The Morgan fingerprint density at radius 2 is 1.86 bits per heavy atom. The minimum absolute atomic E-state index is 0.370. The van der Waals surface area contributed by atoms with Crippen molar-refractivity contribution in [2.75, 3.05) is 19.6 Å². The first-order chi connectivity index (χ1) is 10.8. The number of likely N-dealkylation sites (tertiary alicyclic amines) is 1. The Morgan fingerprint density at radius 1 is 1.18 bits per heavy atom. The lowest BCUT2D eigenvalue weighted by Crippen LogP contribution is -2.55. The molecule has 0 N–H and O–H groups in total. The number of nitrogens with zero attached hydrogens (tertiary/aromatic N) is 2. The molecule has 0 radical (unpaired) electrons. The highest BCUT2D eigenvalue weighted by molar-refractivity contribution is 5.77. The van der Waals surface area contributed by atoms with Crippen LogP contribution in [0.2, 0.25) is 0 Å². The molecule has 3 nitrogen and oxygen atoms in total. The second-order valence-electron chi connectivity index (χ2n) is 6.47. The maximum atomic E-state index is 12.3. The fourth-order valence-electron chi connectivity index (χ4n) is 3.79. The molecule has 0 spiro atoms. The summed E-state index contributed by atoms with van der Waals surface area (Å²) >= 11 is 0. The first-order valence-corrected chi connectivity index (χ1v) is 8.53. The lowest BCUT2D eigenvalue weighted by molar-refractivity contribution is -0.136. The van der Waals surface area contributed by atoms with E-state index in [1.807, 2.05) is 6.07 Å². The van der Waals surface area contributed by atoms with Crippen LogP contribution < -0.4 is 0 Å². The number of hydrogen-bond donors (Lipinski definition) is 0. The summed E-state index contributed by atoms with van der Waals surface area (Å²) in [4.78, 5) is 17.0. The van der Waals surface area contributed by atoms with Gasteiger partial charge in [-0.3, -0.25) is 9.69 Å². The number of fused-ring (bicyclic) bond motifs is 2. The van der Waals surface area contributed by atoms with Crippen molar-refractivity contribution in [2.24, 2.45) is 0 Å². The second kappa shape index (κ2) is 7.10. The van der Waals surface area contributed by atoms with Gasteiger partial charge in [0.15, 0.2) is 0 Å². The zero-order chi connectivity index (χ0) is 15.4. The number of carbonyl (C=O) groups excluding carboxylic acids is 1. The fourth-order valence-corrected chi connectivity index (χ4v) is 3.79. The van der Waals surface area contributed by atoms with Gasteiger partial charge in [0.25, 0.3) is 0 Å². The maximum absolute atomic E-state index is 12.3. The van der Waals surface area contributed by atoms with E-state index in [1.165, 1.54) is 18.4 Å². The van der Waals surface area contributed by atoms with Gasteiger partial charge in [0.2, 0.25) is 5.91 Å². The highest BCUT2D eigenvalue weighted by Gasteiger charge is 2.41. The molecule has 1 aromatic rings. The van der Waals surface area contributed by atoms with Crippen molar-refractivity contribution in [3.05, 3.63) is 42.0 Å². The van der Waals surface area contributed by atoms with E-state index in [4.69, 9.17) is 0 Å². The molecule has 3 rings (SSSR count). The van der Waals surface area contributed by atoms with E-state index < -0.39 is 0 Å². The number of amides is 1. The predicted molar refractivity (Wildman–Crippen MR) is 90.5 cm³/mol. The summed E-state index contributed by atoms with van der Waals surface area (Å²) in [6.45, 7) is 5.14. The van der Waals surface area contributed by atoms with Crippen LogP contribution in [-0.2, 0) is 4.79 Å². The number of carbonyl (C=O) groups is 1. The normalized spacial score (nSPS) is 25.0. The zero-order valence-electron chi connectivity index (χ0n) is 13.4. The van der Waals surface area contributed by atoms with Crippen LogP contribution in [0.3, 0.4) is 0 Å². The standard InChI is InChI=1S/C19H26N2O/c1-2-7-19(22)21-17-11-12-18(21)15-20(14-17)13-6-10-16-8-4-3-5-9-16/h3-6,8-10,17-18H,2,7,11-15H2,1H3. The van der Waals surface area contributed by atoms with Crippen LogP contribution in [0, 0.1) is 0 Å². The van der Waals surface area contributed by atoms with Crippen LogP contribution in [0.4, 0.5) is 0 Å². The van der Waals surface area contributed by atoms with Gasteiger partial charge in [-0.15, -0.1) is 0 Å². The molecule has 0 saturated carbocycles. The third kappa shape index (κ3) is 3.41. The van der Waals surface area contributed by atoms with Crippen molar-refractivity contribution >= 4 is 12.0 Å². The van der Waals surface area contributed by atoms with Gasteiger partial charge in [0.1, 0.15) is 0 Å². The van der Waals surface area contributed by atoms with Gasteiger partial charge < -0.3 is 4.90 Å². The molecule has 2 heterocycles. The van der Waals surface area contributed by atoms with Crippen LogP contribution in [0.15, 0.2) is 36.4 Å². The van der Waals surface area contributed by atoms with Crippen molar-refractivity contribution in [1.29, 1.82) is 0 Å². The first-order valence-electron chi connectivity index (χ1n) is 8.53. The molecule has 2 atom stereocenters. The molecule has 1 amide bonds. The molecule has 2 aliphatic heterocycles. The molecule has 2 aliphatic rings. The van der Waals surface area contributed by atoms with Gasteiger partial charge in [0, 0.05) is 38.1 Å². The predicted octanol–water partition coefficient (Wildman–Crippen LogP) is 3.18. The number of piperazine rings is 1. The molecule has 118 valence electrons. The van der Waals surface area contributed by atoms with Crippen molar-refractivity contribution in [3.8, 4) is 0 Å². The highest BCUT2D eigenvalue weighted by atomic mass is 16.2. The smallest absolute Gasteiger partial charge is 0.223 e. The lowest BCUT2D eigenvalue weighted by Gasteiger charge is -2.40. The van der Waals surface area contributed by atoms with E-state index in [0.717, 1.165) is 26.1 Å². The monoisotopic (exact) mass is 298 g/mol. The van der Waals surface area contributed by atoms with Crippen molar-refractivity contribution in [2.45, 2.75) is 44.7 Å². The number of benzene rings is 1. The summed E-state index contributed by atoms with van der Waals surface area (Å²) in [5.74, 6) is 0.370. The topological polar surface area (TPSA) is 23.6 Å². The quantitative estimate of drug-likeness (QED) is 0.833. The molecular weight excluding hydrogens is 272 g/mol. The van der Waals surface area contributed by atoms with Gasteiger partial charge in [-0.05, 0) is 24.8 Å². The summed E-state index contributed by atoms with van der Waals surface area (Å²) in [7, 11) is 0. The Morgan fingerprint density at radius 3 is 2.50 bits per heavy atom. The summed E-state index contributed by atoms with van der Waals surface area (Å²) in [5, 5.41) is 0. The third-order valence-corrected chi connectivity index (χ3v) is 4.78. The van der Waals surface area contributed by atoms with E-state index in [0.29, 0.717) is 24.4 Å². The Balaban J connectivity index is 1.54. The fraction of sp³-hybridized carbons (Fsp3) is 0.526. The molecule has 0 aliphatic carbocycles. The van der Waals surface area contributed by atoms with Crippen LogP contribution in [0.1, 0.15) is 38.2 Å². The molecule has 2 saturated heterocycles. The zero-order valence-corrected chi connectivity index (χ0v) is 13.4. The van der Waals surface area contributed by atoms with E-state index in [9.17, 15) is 4.79 Å².